The predicted octanol–water partition coefficient (Wildman–Crippen LogP) is 3.10. The van der Waals surface area contributed by atoms with Crippen LogP contribution in [0.1, 0.15) is 24.8 Å². The van der Waals surface area contributed by atoms with E-state index in [0.29, 0.717) is 17.9 Å². The standard InChI is InChI=1S/C15H17BrN2O2/c1-20-15(19)8-11-4-6-18(7-5-11)14-9-13(16)3-2-12(14)10-17/h2-3,9,11H,4-8H2,1H3. The van der Waals surface area contributed by atoms with Gasteiger partial charge >= 0.3 is 5.97 Å². The van der Waals surface area contributed by atoms with Crippen LogP contribution in [0.15, 0.2) is 22.7 Å². The molecule has 0 aromatic heterocycles. The highest BCUT2D eigenvalue weighted by atomic mass is 79.9. The van der Waals surface area contributed by atoms with Crippen molar-refractivity contribution in [1.29, 1.82) is 5.26 Å². The summed E-state index contributed by atoms with van der Waals surface area (Å²) in [4.78, 5) is 13.5. The van der Waals surface area contributed by atoms with Crippen LogP contribution in [0.5, 0.6) is 0 Å². The molecule has 4 nitrogen and oxygen atoms in total. The van der Waals surface area contributed by atoms with E-state index in [1.165, 1.54) is 7.11 Å². The number of benzene rings is 1. The molecule has 1 aromatic rings. The first kappa shape index (κ1) is 14.9. The highest BCUT2D eigenvalue weighted by Gasteiger charge is 2.23. The minimum atomic E-state index is -0.136. The van der Waals surface area contributed by atoms with E-state index in [9.17, 15) is 10.1 Å². The molecule has 1 aliphatic heterocycles. The summed E-state index contributed by atoms with van der Waals surface area (Å²) in [5, 5.41) is 9.19. The molecule has 1 aliphatic rings. The Morgan fingerprint density at radius 1 is 1.50 bits per heavy atom. The zero-order valence-corrected chi connectivity index (χ0v) is 13.0. The van der Waals surface area contributed by atoms with Crippen LogP contribution < -0.4 is 4.90 Å². The molecule has 2 rings (SSSR count). The number of piperidine rings is 1. The minimum absolute atomic E-state index is 0.136. The van der Waals surface area contributed by atoms with E-state index in [2.05, 4.69) is 26.9 Å². The van der Waals surface area contributed by atoms with Gasteiger partial charge in [0.25, 0.3) is 0 Å². The van der Waals surface area contributed by atoms with E-state index in [1.54, 1.807) is 0 Å². The van der Waals surface area contributed by atoms with E-state index in [4.69, 9.17) is 4.74 Å². The van der Waals surface area contributed by atoms with E-state index >= 15 is 0 Å². The van der Waals surface area contributed by atoms with Crippen molar-refractivity contribution in [2.24, 2.45) is 5.92 Å². The third kappa shape index (κ3) is 3.51. The van der Waals surface area contributed by atoms with Gasteiger partial charge in [0.1, 0.15) is 6.07 Å². The maximum absolute atomic E-state index is 11.3. The van der Waals surface area contributed by atoms with Crippen molar-refractivity contribution in [2.45, 2.75) is 19.3 Å². The molecule has 0 bridgehead atoms. The molecule has 0 N–H and O–H groups in total. The van der Waals surface area contributed by atoms with Gasteiger partial charge in [-0.05, 0) is 37.0 Å². The first-order chi connectivity index (χ1) is 9.63. The quantitative estimate of drug-likeness (QED) is 0.796. The Bertz CT molecular complexity index is 531. The maximum atomic E-state index is 11.3. The average Bonchev–Trinajstić information content (AvgIpc) is 2.48. The highest BCUT2D eigenvalue weighted by Crippen LogP contribution is 2.29. The van der Waals surface area contributed by atoms with Crippen LogP contribution in [-0.4, -0.2) is 26.2 Å². The summed E-state index contributed by atoms with van der Waals surface area (Å²) in [7, 11) is 1.43. The summed E-state index contributed by atoms with van der Waals surface area (Å²) >= 11 is 3.45. The van der Waals surface area contributed by atoms with Crippen molar-refractivity contribution >= 4 is 27.6 Å². The Morgan fingerprint density at radius 3 is 2.80 bits per heavy atom. The Kier molecular flexibility index (Phi) is 5.02. The number of carbonyl (C=O) groups excluding carboxylic acids is 1. The van der Waals surface area contributed by atoms with Crippen LogP contribution in [0.2, 0.25) is 0 Å². The summed E-state index contributed by atoms with van der Waals surface area (Å²) in [6.07, 6.45) is 2.40. The van der Waals surface area contributed by atoms with Gasteiger partial charge in [-0.25, -0.2) is 0 Å². The van der Waals surface area contributed by atoms with Crippen molar-refractivity contribution < 1.29 is 9.53 Å². The van der Waals surface area contributed by atoms with Crippen LogP contribution >= 0.6 is 15.9 Å². The largest absolute Gasteiger partial charge is 0.469 e. The van der Waals surface area contributed by atoms with Gasteiger partial charge in [0, 0.05) is 24.0 Å². The average molecular weight is 337 g/mol. The molecule has 20 heavy (non-hydrogen) atoms. The van der Waals surface area contributed by atoms with Crippen molar-refractivity contribution in [2.75, 3.05) is 25.1 Å². The monoisotopic (exact) mass is 336 g/mol. The zero-order chi connectivity index (χ0) is 14.5. The van der Waals surface area contributed by atoms with Gasteiger partial charge in [-0.2, -0.15) is 5.26 Å². The molecule has 0 saturated carbocycles. The lowest BCUT2D eigenvalue weighted by atomic mass is 9.93. The Hall–Kier alpha value is -1.54. The van der Waals surface area contributed by atoms with E-state index < -0.39 is 0 Å². The molecule has 1 fully saturated rings. The summed E-state index contributed by atoms with van der Waals surface area (Å²) in [6, 6.07) is 7.94. The second-order valence-electron chi connectivity index (χ2n) is 4.98. The normalized spacial score (nSPS) is 15.8. The molecule has 0 radical (unpaired) electrons. The second-order valence-corrected chi connectivity index (χ2v) is 5.90. The first-order valence-corrected chi connectivity index (χ1v) is 7.44. The first-order valence-electron chi connectivity index (χ1n) is 6.65. The number of carbonyl (C=O) groups is 1. The molecule has 0 aliphatic carbocycles. The molecule has 1 heterocycles. The molecule has 1 aromatic carbocycles. The molecular weight excluding hydrogens is 320 g/mol. The summed E-state index contributed by atoms with van der Waals surface area (Å²) in [5.74, 6) is 0.250. The fourth-order valence-corrected chi connectivity index (χ4v) is 2.91. The van der Waals surface area contributed by atoms with Crippen molar-refractivity contribution in [3.8, 4) is 6.07 Å². The maximum Gasteiger partial charge on any atom is 0.305 e. The number of methoxy groups -OCH3 is 1. The minimum Gasteiger partial charge on any atom is -0.469 e. The number of hydrogen-bond acceptors (Lipinski definition) is 4. The zero-order valence-electron chi connectivity index (χ0n) is 11.4. The number of halogens is 1. The molecule has 0 unspecified atom stereocenters. The lowest BCUT2D eigenvalue weighted by Gasteiger charge is -2.33. The number of hydrogen-bond donors (Lipinski definition) is 0. The van der Waals surface area contributed by atoms with Crippen LogP contribution in [0.4, 0.5) is 5.69 Å². The van der Waals surface area contributed by atoms with Crippen LogP contribution in [0.3, 0.4) is 0 Å². The van der Waals surface area contributed by atoms with Gasteiger partial charge in [0.2, 0.25) is 0 Å². The molecular formula is C15H17BrN2O2. The number of nitriles is 1. The molecule has 1 saturated heterocycles. The van der Waals surface area contributed by atoms with Gasteiger partial charge in [0.15, 0.2) is 0 Å². The van der Waals surface area contributed by atoms with Gasteiger partial charge in [0.05, 0.1) is 18.4 Å². The second kappa shape index (κ2) is 6.76. The van der Waals surface area contributed by atoms with E-state index in [0.717, 1.165) is 36.1 Å². The smallest absolute Gasteiger partial charge is 0.305 e. The molecule has 0 spiro atoms. The Morgan fingerprint density at radius 2 is 2.20 bits per heavy atom. The fraction of sp³-hybridized carbons (Fsp3) is 0.467. The molecule has 5 heteroatoms. The Balaban J connectivity index is 2.02. The highest BCUT2D eigenvalue weighted by molar-refractivity contribution is 9.10. The van der Waals surface area contributed by atoms with Crippen LogP contribution in [0.25, 0.3) is 0 Å². The van der Waals surface area contributed by atoms with Crippen LogP contribution in [-0.2, 0) is 9.53 Å². The van der Waals surface area contributed by atoms with Gasteiger partial charge in [-0.1, -0.05) is 15.9 Å². The summed E-state index contributed by atoms with van der Waals surface area (Å²) in [6.45, 7) is 1.74. The topological polar surface area (TPSA) is 53.3 Å². The number of esters is 1. The number of anilines is 1. The molecule has 0 amide bonds. The third-order valence-electron chi connectivity index (χ3n) is 3.72. The van der Waals surface area contributed by atoms with Gasteiger partial charge in [-0.3, -0.25) is 4.79 Å². The van der Waals surface area contributed by atoms with Gasteiger partial charge in [-0.15, -0.1) is 0 Å². The lowest BCUT2D eigenvalue weighted by Crippen LogP contribution is -2.34. The predicted molar refractivity (Wildman–Crippen MR) is 80.4 cm³/mol. The summed E-state index contributed by atoms with van der Waals surface area (Å²) in [5.41, 5.74) is 1.66. The van der Waals surface area contributed by atoms with Crippen molar-refractivity contribution in [3.05, 3.63) is 28.2 Å². The van der Waals surface area contributed by atoms with E-state index in [1.807, 2.05) is 18.2 Å². The molecule has 106 valence electrons. The van der Waals surface area contributed by atoms with Crippen molar-refractivity contribution in [1.82, 2.24) is 0 Å². The fourth-order valence-electron chi connectivity index (χ4n) is 2.56. The lowest BCUT2D eigenvalue weighted by molar-refractivity contribution is -0.141. The number of rotatable bonds is 3. The number of ether oxygens (including phenoxy) is 1. The van der Waals surface area contributed by atoms with Crippen LogP contribution in [0, 0.1) is 17.2 Å². The Labute approximate surface area is 127 Å². The summed E-state index contributed by atoms with van der Waals surface area (Å²) < 4.78 is 5.69. The SMILES string of the molecule is COC(=O)CC1CCN(c2cc(Br)ccc2C#N)CC1. The molecule has 0 atom stereocenters. The van der Waals surface area contributed by atoms with Crippen molar-refractivity contribution in [3.63, 3.8) is 0 Å². The van der Waals surface area contributed by atoms with E-state index in [-0.39, 0.29) is 5.97 Å². The third-order valence-corrected chi connectivity index (χ3v) is 4.21. The number of nitrogens with zero attached hydrogens (tertiary/aromatic N) is 2. The van der Waals surface area contributed by atoms with Gasteiger partial charge < -0.3 is 9.64 Å².